The molecule has 0 saturated carbocycles. The third kappa shape index (κ3) is 2.95. The minimum Gasteiger partial charge on any atom is -0.324 e. The maximum Gasteiger partial charge on any atom is 0.138 e. The first-order valence-electron chi connectivity index (χ1n) is 7.39. The van der Waals surface area contributed by atoms with Crippen LogP contribution in [0.25, 0.3) is 10.8 Å². The Balaban J connectivity index is 1.83. The molecule has 1 heterocycles. The molecule has 4 nitrogen and oxygen atoms in total. The van der Waals surface area contributed by atoms with Gasteiger partial charge in [-0.1, -0.05) is 43.3 Å². The summed E-state index contributed by atoms with van der Waals surface area (Å²) in [7, 11) is 0. The van der Waals surface area contributed by atoms with Crippen molar-refractivity contribution in [1.29, 1.82) is 0 Å². The molecule has 0 bridgehead atoms. The van der Waals surface area contributed by atoms with Gasteiger partial charge in [0.25, 0.3) is 0 Å². The number of rotatable bonds is 5. The number of fused-ring (bicyclic) bond motifs is 1. The Kier molecular flexibility index (Phi) is 3.97. The molecule has 0 spiro atoms. The van der Waals surface area contributed by atoms with Crippen molar-refractivity contribution in [1.82, 2.24) is 14.8 Å². The molecule has 0 saturated heterocycles. The van der Waals surface area contributed by atoms with E-state index < -0.39 is 0 Å². The number of hydrogen-bond donors (Lipinski definition) is 1. The maximum atomic E-state index is 6.36. The van der Waals surface area contributed by atoms with Gasteiger partial charge >= 0.3 is 0 Å². The summed E-state index contributed by atoms with van der Waals surface area (Å²) in [5.74, 6) is 0.956. The Morgan fingerprint density at radius 1 is 1.14 bits per heavy atom. The standard InChI is InChI=1S/C17H20N4/c1-2-9-21-17(19-12-20-21)11-16(18)15-8-7-13-5-3-4-6-14(13)10-15/h3-8,10,12,16H,2,9,11,18H2,1H3. The van der Waals surface area contributed by atoms with E-state index in [9.17, 15) is 0 Å². The summed E-state index contributed by atoms with van der Waals surface area (Å²) in [5.41, 5.74) is 7.50. The van der Waals surface area contributed by atoms with Gasteiger partial charge in [-0.15, -0.1) is 0 Å². The predicted molar refractivity (Wildman–Crippen MR) is 84.9 cm³/mol. The Bertz CT molecular complexity index is 732. The van der Waals surface area contributed by atoms with Gasteiger partial charge in [0.2, 0.25) is 0 Å². The van der Waals surface area contributed by atoms with Crippen LogP contribution in [0, 0.1) is 0 Å². The van der Waals surface area contributed by atoms with Crippen LogP contribution in [0.1, 0.15) is 30.8 Å². The van der Waals surface area contributed by atoms with Gasteiger partial charge < -0.3 is 5.73 Å². The van der Waals surface area contributed by atoms with E-state index in [0.717, 1.165) is 24.4 Å². The van der Waals surface area contributed by atoms with Crippen LogP contribution in [-0.4, -0.2) is 14.8 Å². The minimum absolute atomic E-state index is 0.0607. The lowest BCUT2D eigenvalue weighted by Crippen LogP contribution is -2.17. The second-order valence-corrected chi connectivity index (χ2v) is 5.32. The molecule has 0 aliphatic heterocycles. The highest BCUT2D eigenvalue weighted by molar-refractivity contribution is 5.83. The summed E-state index contributed by atoms with van der Waals surface area (Å²) in [6.45, 7) is 3.02. The SMILES string of the molecule is CCCn1ncnc1CC(N)c1ccc2ccccc2c1. The van der Waals surface area contributed by atoms with Crippen LogP contribution in [0.15, 0.2) is 48.8 Å². The van der Waals surface area contributed by atoms with Gasteiger partial charge in [0, 0.05) is 19.0 Å². The molecule has 0 amide bonds. The summed E-state index contributed by atoms with van der Waals surface area (Å²) in [4.78, 5) is 4.33. The second kappa shape index (κ2) is 6.06. The van der Waals surface area contributed by atoms with Crippen LogP contribution in [-0.2, 0) is 13.0 Å². The first-order valence-corrected chi connectivity index (χ1v) is 7.39. The maximum absolute atomic E-state index is 6.36. The molecule has 4 heteroatoms. The van der Waals surface area contributed by atoms with Crippen molar-refractivity contribution in [2.45, 2.75) is 32.4 Å². The first kappa shape index (κ1) is 13.8. The van der Waals surface area contributed by atoms with Crippen LogP contribution in [0.3, 0.4) is 0 Å². The fraction of sp³-hybridized carbons (Fsp3) is 0.294. The van der Waals surface area contributed by atoms with Crippen molar-refractivity contribution in [3.05, 3.63) is 60.2 Å². The molecule has 108 valence electrons. The molecule has 1 atom stereocenters. The zero-order valence-corrected chi connectivity index (χ0v) is 12.2. The molecule has 3 rings (SSSR count). The largest absolute Gasteiger partial charge is 0.324 e. The van der Waals surface area contributed by atoms with Gasteiger partial charge in [-0.3, -0.25) is 4.68 Å². The Hall–Kier alpha value is -2.20. The molecule has 2 N–H and O–H groups in total. The van der Waals surface area contributed by atoms with E-state index in [0.29, 0.717) is 6.42 Å². The number of aryl methyl sites for hydroxylation is 1. The first-order chi connectivity index (χ1) is 10.3. The molecular weight excluding hydrogens is 260 g/mol. The molecule has 21 heavy (non-hydrogen) atoms. The Labute approximate surface area is 124 Å². The van der Waals surface area contributed by atoms with Gasteiger partial charge in [-0.2, -0.15) is 5.10 Å². The second-order valence-electron chi connectivity index (χ2n) is 5.32. The van der Waals surface area contributed by atoms with Crippen molar-refractivity contribution >= 4 is 10.8 Å². The lowest BCUT2D eigenvalue weighted by atomic mass is 10.0. The zero-order valence-electron chi connectivity index (χ0n) is 12.2. The average Bonchev–Trinajstić information content (AvgIpc) is 2.94. The summed E-state index contributed by atoms with van der Waals surface area (Å²) >= 11 is 0. The molecule has 0 fully saturated rings. The van der Waals surface area contributed by atoms with Crippen molar-refractivity contribution in [3.8, 4) is 0 Å². The predicted octanol–water partition coefficient (Wildman–Crippen LogP) is 3.08. The third-order valence-corrected chi connectivity index (χ3v) is 3.74. The minimum atomic E-state index is -0.0607. The van der Waals surface area contributed by atoms with E-state index in [2.05, 4.69) is 59.5 Å². The third-order valence-electron chi connectivity index (χ3n) is 3.74. The quantitative estimate of drug-likeness (QED) is 0.781. The van der Waals surface area contributed by atoms with Crippen molar-refractivity contribution in [2.24, 2.45) is 5.73 Å². The van der Waals surface area contributed by atoms with E-state index in [1.807, 2.05) is 4.68 Å². The number of hydrogen-bond acceptors (Lipinski definition) is 3. The molecule has 1 unspecified atom stereocenters. The van der Waals surface area contributed by atoms with Crippen LogP contribution < -0.4 is 5.73 Å². The lowest BCUT2D eigenvalue weighted by Gasteiger charge is -2.13. The highest BCUT2D eigenvalue weighted by atomic mass is 15.3. The number of nitrogens with zero attached hydrogens (tertiary/aromatic N) is 3. The van der Waals surface area contributed by atoms with Crippen LogP contribution in [0.4, 0.5) is 0 Å². The fourth-order valence-electron chi connectivity index (χ4n) is 2.60. The molecule has 0 radical (unpaired) electrons. The molecule has 3 aromatic rings. The summed E-state index contributed by atoms with van der Waals surface area (Å²) < 4.78 is 1.95. The molecule has 0 aliphatic carbocycles. The van der Waals surface area contributed by atoms with Crippen LogP contribution in [0.2, 0.25) is 0 Å². The Morgan fingerprint density at radius 3 is 2.76 bits per heavy atom. The summed E-state index contributed by atoms with van der Waals surface area (Å²) in [5, 5.41) is 6.71. The molecule has 1 aromatic heterocycles. The normalized spacial score (nSPS) is 12.7. The summed E-state index contributed by atoms with van der Waals surface area (Å²) in [6.07, 6.45) is 3.36. The number of nitrogens with two attached hydrogens (primary N) is 1. The highest BCUT2D eigenvalue weighted by Gasteiger charge is 2.12. The van der Waals surface area contributed by atoms with E-state index in [1.165, 1.54) is 10.8 Å². The molecule has 2 aromatic carbocycles. The van der Waals surface area contributed by atoms with E-state index in [1.54, 1.807) is 6.33 Å². The topological polar surface area (TPSA) is 56.7 Å². The van der Waals surface area contributed by atoms with Crippen LogP contribution in [0.5, 0.6) is 0 Å². The van der Waals surface area contributed by atoms with Gasteiger partial charge in [0.15, 0.2) is 0 Å². The van der Waals surface area contributed by atoms with Gasteiger partial charge in [-0.25, -0.2) is 4.98 Å². The fourth-order valence-corrected chi connectivity index (χ4v) is 2.60. The van der Waals surface area contributed by atoms with E-state index in [-0.39, 0.29) is 6.04 Å². The van der Waals surface area contributed by atoms with E-state index >= 15 is 0 Å². The number of benzene rings is 2. The molecule has 0 aliphatic rings. The molecular formula is C17H20N4. The van der Waals surface area contributed by atoms with Gasteiger partial charge in [0.1, 0.15) is 12.2 Å². The Morgan fingerprint density at radius 2 is 1.95 bits per heavy atom. The number of aromatic nitrogens is 3. The van der Waals surface area contributed by atoms with Crippen molar-refractivity contribution in [2.75, 3.05) is 0 Å². The highest BCUT2D eigenvalue weighted by Crippen LogP contribution is 2.21. The zero-order chi connectivity index (χ0) is 14.7. The van der Waals surface area contributed by atoms with Gasteiger partial charge in [-0.05, 0) is 28.8 Å². The van der Waals surface area contributed by atoms with Gasteiger partial charge in [0.05, 0.1) is 0 Å². The monoisotopic (exact) mass is 280 g/mol. The van der Waals surface area contributed by atoms with Crippen molar-refractivity contribution in [3.63, 3.8) is 0 Å². The lowest BCUT2D eigenvalue weighted by molar-refractivity contribution is 0.548. The van der Waals surface area contributed by atoms with Crippen LogP contribution >= 0.6 is 0 Å². The van der Waals surface area contributed by atoms with E-state index in [4.69, 9.17) is 5.73 Å². The summed E-state index contributed by atoms with van der Waals surface area (Å²) in [6, 6.07) is 14.7. The average molecular weight is 280 g/mol. The van der Waals surface area contributed by atoms with Crippen molar-refractivity contribution < 1.29 is 0 Å². The smallest absolute Gasteiger partial charge is 0.138 e.